The molecule has 106 valence electrons. The number of aliphatic hydroxyl groups is 1. The van der Waals surface area contributed by atoms with Gasteiger partial charge in [-0.2, -0.15) is 0 Å². The average molecular weight is 358 g/mol. The number of rotatable bonds is 4. The van der Waals surface area contributed by atoms with E-state index in [4.69, 9.17) is 21.1 Å². The van der Waals surface area contributed by atoms with E-state index in [1.807, 2.05) is 6.07 Å². The Kier molecular flexibility index (Phi) is 4.91. The topological polar surface area (TPSA) is 38.7 Å². The van der Waals surface area contributed by atoms with Crippen molar-refractivity contribution in [2.45, 2.75) is 6.10 Å². The van der Waals surface area contributed by atoms with E-state index in [0.29, 0.717) is 27.6 Å². The molecule has 20 heavy (non-hydrogen) atoms. The Bertz CT molecular complexity index is 594. The molecule has 2 rings (SSSR count). The van der Waals surface area contributed by atoms with Crippen molar-refractivity contribution in [2.75, 3.05) is 14.2 Å². The van der Waals surface area contributed by atoms with E-state index in [0.717, 1.165) is 4.47 Å². The molecule has 0 bridgehead atoms. The Morgan fingerprint density at radius 1 is 1.10 bits per heavy atom. The van der Waals surface area contributed by atoms with Gasteiger partial charge >= 0.3 is 0 Å². The highest BCUT2D eigenvalue weighted by atomic mass is 79.9. The molecule has 0 aliphatic rings. The number of hydrogen-bond donors (Lipinski definition) is 1. The molecule has 0 saturated carbocycles. The van der Waals surface area contributed by atoms with Gasteiger partial charge in [-0.1, -0.05) is 39.7 Å². The van der Waals surface area contributed by atoms with Gasteiger partial charge in [0.05, 0.1) is 19.8 Å². The number of halogens is 2. The minimum absolute atomic E-state index is 0.568. The van der Waals surface area contributed by atoms with Gasteiger partial charge < -0.3 is 14.6 Å². The van der Waals surface area contributed by atoms with E-state index in [2.05, 4.69) is 15.9 Å². The fourth-order valence-corrected chi connectivity index (χ4v) is 2.93. The smallest absolute Gasteiger partial charge is 0.128 e. The maximum absolute atomic E-state index is 10.7. The van der Waals surface area contributed by atoms with Gasteiger partial charge in [-0.15, -0.1) is 0 Å². The van der Waals surface area contributed by atoms with Gasteiger partial charge in [0.1, 0.15) is 17.6 Å². The highest BCUT2D eigenvalue weighted by Crippen LogP contribution is 2.39. The van der Waals surface area contributed by atoms with E-state index in [1.165, 1.54) is 0 Å². The summed E-state index contributed by atoms with van der Waals surface area (Å²) < 4.78 is 11.4. The second-order valence-electron chi connectivity index (χ2n) is 4.14. The van der Waals surface area contributed by atoms with Gasteiger partial charge in [0.2, 0.25) is 0 Å². The van der Waals surface area contributed by atoms with Crippen LogP contribution in [-0.2, 0) is 0 Å². The van der Waals surface area contributed by atoms with Crippen LogP contribution in [0.3, 0.4) is 0 Å². The first-order chi connectivity index (χ1) is 9.58. The maximum Gasteiger partial charge on any atom is 0.128 e. The molecule has 0 radical (unpaired) electrons. The van der Waals surface area contributed by atoms with Crippen LogP contribution < -0.4 is 9.47 Å². The van der Waals surface area contributed by atoms with E-state index >= 15 is 0 Å². The van der Waals surface area contributed by atoms with E-state index in [1.54, 1.807) is 44.6 Å². The lowest BCUT2D eigenvalue weighted by atomic mass is 9.99. The third-order valence-electron chi connectivity index (χ3n) is 3.00. The Labute approximate surface area is 131 Å². The predicted octanol–water partition coefficient (Wildman–Crippen LogP) is 4.20. The monoisotopic (exact) mass is 356 g/mol. The molecule has 3 nitrogen and oxygen atoms in total. The molecular weight excluding hydrogens is 344 g/mol. The fourth-order valence-electron chi connectivity index (χ4n) is 2.03. The highest BCUT2D eigenvalue weighted by Gasteiger charge is 2.22. The maximum atomic E-state index is 10.7. The van der Waals surface area contributed by atoms with Crippen molar-refractivity contribution >= 4 is 27.5 Å². The molecule has 0 heterocycles. The Hall–Kier alpha value is -1.23. The number of benzene rings is 2. The SMILES string of the molecule is COc1cccc(OC)c1C(O)c1ccc(Cl)cc1Br. The number of methoxy groups -OCH3 is 2. The average Bonchev–Trinajstić information content (AvgIpc) is 2.45. The molecule has 1 atom stereocenters. The van der Waals surface area contributed by atoms with Crippen molar-refractivity contribution in [2.24, 2.45) is 0 Å². The van der Waals surface area contributed by atoms with Crippen LogP contribution >= 0.6 is 27.5 Å². The summed E-state index contributed by atoms with van der Waals surface area (Å²) in [6, 6.07) is 10.6. The molecular formula is C15H14BrClO3. The molecule has 5 heteroatoms. The lowest BCUT2D eigenvalue weighted by molar-refractivity contribution is 0.208. The second kappa shape index (κ2) is 6.48. The zero-order valence-corrected chi connectivity index (χ0v) is 13.4. The highest BCUT2D eigenvalue weighted by molar-refractivity contribution is 9.10. The molecule has 0 amide bonds. The zero-order valence-electron chi connectivity index (χ0n) is 11.1. The molecule has 2 aromatic rings. The largest absolute Gasteiger partial charge is 0.496 e. The first-order valence-corrected chi connectivity index (χ1v) is 7.09. The predicted molar refractivity (Wildman–Crippen MR) is 82.8 cm³/mol. The number of hydrogen-bond acceptors (Lipinski definition) is 3. The van der Waals surface area contributed by atoms with E-state index < -0.39 is 6.10 Å². The summed E-state index contributed by atoms with van der Waals surface area (Å²) in [5.41, 5.74) is 1.28. The molecule has 0 spiro atoms. The van der Waals surface area contributed by atoms with Crippen LogP contribution in [-0.4, -0.2) is 19.3 Å². The van der Waals surface area contributed by atoms with E-state index in [-0.39, 0.29) is 0 Å². The summed E-state index contributed by atoms with van der Waals surface area (Å²) in [5, 5.41) is 11.3. The normalized spacial score (nSPS) is 12.1. The minimum Gasteiger partial charge on any atom is -0.496 e. The van der Waals surface area contributed by atoms with Crippen LogP contribution in [0.4, 0.5) is 0 Å². The van der Waals surface area contributed by atoms with Crippen molar-refractivity contribution in [3.63, 3.8) is 0 Å². The van der Waals surface area contributed by atoms with Crippen LogP contribution in [0.15, 0.2) is 40.9 Å². The van der Waals surface area contributed by atoms with Crippen molar-refractivity contribution < 1.29 is 14.6 Å². The van der Waals surface area contributed by atoms with Crippen LogP contribution in [0.25, 0.3) is 0 Å². The van der Waals surface area contributed by atoms with Gasteiger partial charge in [-0.3, -0.25) is 0 Å². The molecule has 0 aliphatic heterocycles. The summed E-state index contributed by atoms with van der Waals surface area (Å²) in [4.78, 5) is 0. The van der Waals surface area contributed by atoms with Crippen molar-refractivity contribution in [1.82, 2.24) is 0 Å². The summed E-state index contributed by atoms with van der Waals surface area (Å²) in [7, 11) is 3.11. The van der Waals surface area contributed by atoms with Gasteiger partial charge in [-0.05, 0) is 29.8 Å². The minimum atomic E-state index is -0.882. The first kappa shape index (κ1) is 15.2. The molecule has 0 fully saturated rings. The van der Waals surface area contributed by atoms with Gasteiger partial charge in [0, 0.05) is 9.50 Å². The molecule has 1 unspecified atom stereocenters. The summed E-state index contributed by atoms with van der Waals surface area (Å²) in [6.07, 6.45) is -0.882. The second-order valence-corrected chi connectivity index (χ2v) is 5.44. The summed E-state index contributed by atoms with van der Waals surface area (Å²) in [6.45, 7) is 0. The molecule has 0 saturated heterocycles. The Morgan fingerprint density at radius 3 is 2.20 bits per heavy atom. The Morgan fingerprint density at radius 2 is 1.70 bits per heavy atom. The Balaban J connectivity index is 2.55. The van der Waals surface area contributed by atoms with Gasteiger partial charge in [-0.25, -0.2) is 0 Å². The standard InChI is InChI=1S/C15H14BrClO3/c1-19-12-4-3-5-13(20-2)14(12)15(18)10-7-6-9(17)8-11(10)16/h3-8,15,18H,1-2H3. The summed E-state index contributed by atoms with van der Waals surface area (Å²) in [5.74, 6) is 1.14. The lowest BCUT2D eigenvalue weighted by Crippen LogP contribution is -2.05. The molecule has 0 aromatic heterocycles. The van der Waals surface area contributed by atoms with Crippen LogP contribution in [0, 0.1) is 0 Å². The number of ether oxygens (including phenoxy) is 2. The fraction of sp³-hybridized carbons (Fsp3) is 0.200. The molecule has 0 aliphatic carbocycles. The van der Waals surface area contributed by atoms with Crippen molar-refractivity contribution in [3.05, 3.63) is 57.0 Å². The van der Waals surface area contributed by atoms with Crippen molar-refractivity contribution in [1.29, 1.82) is 0 Å². The van der Waals surface area contributed by atoms with Gasteiger partial charge in [0.15, 0.2) is 0 Å². The third kappa shape index (κ3) is 2.92. The lowest BCUT2D eigenvalue weighted by Gasteiger charge is -2.19. The number of aliphatic hydroxyl groups excluding tert-OH is 1. The van der Waals surface area contributed by atoms with Crippen LogP contribution in [0.2, 0.25) is 5.02 Å². The van der Waals surface area contributed by atoms with Crippen LogP contribution in [0.1, 0.15) is 17.2 Å². The molecule has 2 aromatic carbocycles. The van der Waals surface area contributed by atoms with Gasteiger partial charge in [0.25, 0.3) is 0 Å². The van der Waals surface area contributed by atoms with Crippen LogP contribution in [0.5, 0.6) is 11.5 Å². The first-order valence-electron chi connectivity index (χ1n) is 5.92. The van der Waals surface area contributed by atoms with E-state index in [9.17, 15) is 5.11 Å². The molecule has 1 N–H and O–H groups in total. The third-order valence-corrected chi connectivity index (χ3v) is 3.92. The zero-order chi connectivity index (χ0) is 14.7. The van der Waals surface area contributed by atoms with Crippen molar-refractivity contribution in [3.8, 4) is 11.5 Å². The quantitative estimate of drug-likeness (QED) is 0.891. The summed E-state index contributed by atoms with van der Waals surface area (Å²) >= 11 is 9.34.